The molecule has 0 fully saturated rings. The van der Waals surface area contributed by atoms with Crippen molar-refractivity contribution in [3.63, 3.8) is 0 Å². The lowest BCUT2D eigenvalue weighted by atomic mass is 10.1. The van der Waals surface area contributed by atoms with E-state index in [0.717, 1.165) is 11.1 Å². The summed E-state index contributed by atoms with van der Waals surface area (Å²) in [5.74, 6) is -0.164. The summed E-state index contributed by atoms with van der Waals surface area (Å²) < 4.78 is 54.2. The molecule has 176 valence electrons. The van der Waals surface area contributed by atoms with Crippen molar-refractivity contribution in [2.75, 3.05) is 13.2 Å². The number of hydrogen-bond donors (Lipinski definition) is 1. The fourth-order valence-electron chi connectivity index (χ4n) is 3.13. The maximum Gasteiger partial charge on any atom is 0.471 e. The molecule has 1 amide bonds. The van der Waals surface area contributed by atoms with Crippen molar-refractivity contribution >= 4 is 5.91 Å². The summed E-state index contributed by atoms with van der Waals surface area (Å²) in [6.45, 7) is 3.87. The van der Waals surface area contributed by atoms with Crippen molar-refractivity contribution in [2.45, 2.75) is 39.2 Å². The number of nitrogens with zero attached hydrogens (tertiary/aromatic N) is 1. The fraction of sp³-hybridized carbons (Fsp3) is 0.333. The molecule has 1 atom stereocenters. The highest BCUT2D eigenvalue weighted by molar-refractivity contribution is 5.81. The Morgan fingerprint density at radius 1 is 1.12 bits per heavy atom. The zero-order valence-electron chi connectivity index (χ0n) is 18.3. The van der Waals surface area contributed by atoms with Crippen LogP contribution >= 0.6 is 0 Å². The molecule has 0 aliphatic heterocycles. The van der Waals surface area contributed by atoms with Gasteiger partial charge in [-0.15, -0.1) is 0 Å². The van der Waals surface area contributed by atoms with Crippen LogP contribution in [0.25, 0.3) is 11.5 Å². The van der Waals surface area contributed by atoms with Gasteiger partial charge in [-0.1, -0.05) is 30.3 Å². The summed E-state index contributed by atoms with van der Waals surface area (Å²) in [5.41, 5.74) is 2.41. The highest BCUT2D eigenvalue weighted by Gasteiger charge is 2.38. The first-order chi connectivity index (χ1) is 15.8. The predicted octanol–water partition coefficient (Wildman–Crippen LogP) is 4.86. The standard InChI is InChI=1S/C24H25F3N2O4/c1-3-31-20(14-28-23(30)24(25,26)27)13-17-9-11-19(12-10-17)32-15-21-16(2)33-22(29-21)18-7-5-4-6-8-18/h4-12,20H,3,13-15H2,1-2H3,(H,28,30)/t20-/m0/s1. The van der Waals surface area contributed by atoms with E-state index in [9.17, 15) is 18.0 Å². The summed E-state index contributed by atoms with van der Waals surface area (Å²) in [6, 6.07) is 16.7. The number of ether oxygens (including phenoxy) is 2. The largest absolute Gasteiger partial charge is 0.487 e. The van der Waals surface area contributed by atoms with E-state index in [-0.39, 0.29) is 13.2 Å². The summed E-state index contributed by atoms with van der Waals surface area (Å²) in [6.07, 6.45) is -5.16. The number of benzene rings is 2. The van der Waals surface area contributed by atoms with Crippen LogP contribution in [0.3, 0.4) is 0 Å². The van der Waals surface area contributed by atoms with Crippen molar-refractivity contribution in [2.24, 2.45) is 0 Å². The quantitative estimate of drug-likeness (QED) is 0.466. The molecule has 0 bridgehead atoms. The molecule has 1 aromatic heterocycles. The van der Waals surface area contributed by atoms with Crippen LogP contribution in [0.4, 0.5) is 13.2 Å². The van der Waals surface area contributed by atoms with Gasteiger partial charge in [0.25, 0.3) is 0 Å². The van der Waals surface area contributed by atoms with E-state index >= 15 is 0 Å². The number of alkyl halides is 3. The molecule has 2 aromatic carbocycles. The minimum absolute atomic E-state index is 0.229. The number of aromatic nitrogens is 1. The molecule has 33 heavy (non-hydrogen) atoms. The number of carbonyl (C=O) groups excluding carboxylic acids is 1. The first-order valence-corrected chi connectivity index (χ1v) is 10.5. The van der Waals surface area contributed by atoms with E-state index in [2.05, 4.69) is 4.98 Å². The van der Waals surface area contributed by atoms with Crippen molar-refractivity contribution in [1.82, 2.24) is 10.3 Å². The number of rotatable bonds is 10. The van der Waals surface area contributed by atoms with Crippen molar-refractivity contribution < 1.29 is 31.9 Å². The second-order valence-corrected chi connectivity index (χ2v) is 7.31. The molecular formula is C24H25F3N2O4. The van der Waals surface area contributed by atoms with Crippen molar-refractivity contribution in [3.05, 3.63) is 71.6 Å². The molecule has 0 radical (unpaired) electrons. The van der Waals surface area contributed by atoms with Gasteiger partial charge in [0.1, 0.15) is 23.8 Å². The van der Waals surface area contributed by atoms with E-state index in [4.69, 9.17) is 13.9 Å². The third kappa shape index (κ3) is 7.08. The zero-order valence-corrected chi connectivity index (χ0v) is 18.3. The topological polar surface area (TPSA) is 73.6 Å². The molecule has 3 aromatic rings. The molecular weight excluding hydrogens is 437 g/mol. The van der Waals surface area contributed by atoms with Gasteiger partial charge in [0.05, 0.1) is 6.10 Å². The molecule has 6 nitrogen and oxygen atoms in total. The summed E-state index contributed by atoms with van der Waals surface area (Å²) in [4.78, 5) is 15.5. The lowest BCUT2D eigenvalue weighted by Crippen LogP contribution is -2.42. The van der Waals surface area contributed by atoms with Crippen molar-refractivity contribution in [1.29, 1.82) is 0 Å². The van der Waals surface area contributed by atoms with Gasteiger partial charge in [0.2, 0.25) is 5.89 Å². The molecule has 0 saturated heterocycles. The lowest BCUT2D eigenvalue weighted by Gasteiger charge is -2.18. The Morgan fingerprint density at radius 3 is 2.45 bits per heavy atom. The van der Waals surface area contributed by atoms with Crippen LogP contribution in [-0.2, 0) is 22.6 Å². The summed E-state index contributed by atoms with van der Waals surface area (Å²) in [5, 5.41) is 1.87. The average Bonchev–Trinajstić information content (AvgIpc) is 3.17. The second-order valence-electron chi connectivity index (χ2n) is 7.31. The number of carbonyl (C=O) groups is 1. The second kappa shape index (κ2) is 11.0. The smallest absolute Gasteiger partial charge is 0.471 e. The number of halogens is 3. The lowest BCUT2D eigenvalue weighted by molar-refractivity contribution is -0.174. The number of nitrogens with one attached hydrogen (secondary N) is 1. The van der Waals surface area contributed by atoms with E-state index in [1.807, 2.05) is 42.6 Å². The van der Waals surface area contributed by atoms with Gasteiger partial charge < -0.3 is 19.2 Å². The van der Waals surface area contributed by atoms with Crippen LogP contribution in [0.15, 0.2) is 59.0 Å². The van der Waals surface area contributed by atoms with E-state index in [0.29, 0.717) is 36.1 Å². The Hall–Kier alpha value is -3.33. The van der Waals surface area contributed by atoms with E-state index in [1.54, 1.807) is 31.2 Å². The normalized spacial score (nSPS) is 12.4. The van der Waals surface area contributed by atoms with Gasteiger partial charge in [0, 0.05) is 25.1 Å². The Morgan fingerprint density at radius 2 is 1.82 bits per heavy atom. The van der Waals surface area contributed by atoms with Gasteiger partial charge in [-0.2, -0.15) is 13.2 Å². The van der Waals surface area contributed by atoms with E-state index < -0.39 is 18.2 Å². The highest BCUT2D eigenvalue weighted by Crippen LogP contribution is 2.23. The van der Waals surface area contributed by atoms with Crippen LogP contribution in [0.1, 0.15) is 23.9 Å². The summed E-state index contributed by atoms with van der Waals surface area (Å²) in [7, 11) is 0. The van der Waals surface area contributed by atoms with Gasteiger partial charge in [0.15, 0.2) is 0 Å². The van der Waals surface area contributed by atoms with Crippen LogP contribution in [0.2, 0.25) is 0 Å². The molecule has 0 aliphatic rings. The van der Waals surface area contributed by atoms with Crippen LogP contribution < -0.4 is 10.1 Å². The average molecular weight is 462 g/mol. The minimum Gasteiger partial charge on any atom is -0.487 e. The number of oxazole rings is 1. The first-order valence-electron chi connectivity index (χ1n) is 10.5. The summed E-state index contributed by atoms with van der Waals surface area (Å²) >= 11 is 0. The first kappa shape index (κ1) is 24.3. The zero-order chi connectivity index (χ0) is 23.8. The molecule has 9 heteroatoms. The molecule has 1 heterocycles. The molecule has 0 aliphatic carbocycles. The molecule has 1 N–H and O–H groups in total. The molecule has 0 spiro atoms. The van der Waals surface area contributed by atoms with Gasteiger partial charge in [-0.3, -0.25) is 4.79 Å². The molecule has 0 saturated carbocycles. The number of aryl methyl sites for hydroxylation is 1. The number of amides is 1. The maximum atomic E-state index is 12.4. The van der Waals surface area contributed by atoms with Gasteiger partial charge in [-0.05, 0) is 43.7 Å². The van der Waals surface area contributed by atoms with Gasteiger partial charge >= 0.3 is 12.1 Å². The highest BCUT2D eigenvalue weighted by atomic mass is 19.4. The number of hydrogen-bond acceptors (Lipinski definition) is 5. The maximum absolute atomic E-state index is 12.4. The Kier molecular flexibility index (Phi) is 8.11. The predicted molar refractivity (Wildman–Crippen MR) is 116 cm³/mol. The monoisotopic (exact) mass is 462 g/mol. The van der Waals surface area contributed by atoms with Crippen LogP contribution in [0.5, 0.6) is 5.75 Å². The molecule has 3 rings (SSSR count). The van der Waals surface area contributed by atoms with Crippen LogP contribution in [0, 0.1) is 6.92 Å². The van der Waals surface area contributed by atoms with Crippen LogP contribution in [-0.4, -0.2) is 36.3 Å². The minimum atomic E-state index is -4.92. The van der Waals surface area contributed by atoms with Gasteiger partial charge in [-0.25, -0.2) is 4.98 Å². The Labute approximate surface area is 189 Å². The Balaban J connectivity index is 1.55. The van der Waals surface area contributed by atoms with E-state index in [1.165, 1.54) is 0 Å². The third-order valence-electron chi connectivity index (χ3n) is 4.83. The SMILES string of the molecule is CCO[C@H](CNC(=O)C(F)(F)F)Cc1ccc(OCc2nc(-c3ccccc3)oc2C)cc1. The molecule has 0 unspecified atom stereocenters. The fourth-order valence-corrected chi connectivity index (χ4v) is 3.13. The Bertz CT molecular complexity index is 1030. The van der Waals surface area contributed by atoms with Crippen molar-refractivity contribution in [3.8, 4) is 17.2 Å². The third-order valence-corrected chi connectivity index (χ3v) is 4.83.